The monoisotopic (exact) mass is 344 g/mol. The Hall–Kier alpha value is -1.14. The molecule has 2 rings (SSSR count). The second-order valence-corrected chi connectivity index (χ2v) is 5.91. The molecule has 0 aliphatic heterocycles. The minimum atomic E-state index is -0.365. The lowest BCUT2D eigenvalue weighted by Crippen LogP contribution is -2.45. The van der Waals surface area contributed by atoms with E-state index < -0.39 is 0 Å². The van der Waals surface area contributed by atoms with Crippen LogP contribution in [0, 0.1) is 11.7 Å². The van der Waals surface area contributed by atoms with Crippen LogP contribution in [0.15, 0.2) is 22.7 Å². The number of nitrogens with one attached hydrogen (secondary N) is 2. The van der Waals surface area contributed by atoms with Crippen LogP contribution in [-0.4, -0.2) is 23.8 Å². The number of urea groups is 1. The third-order valence-electron chi connectivity index (χ3n) is 3.64. The van der Waals surface area contributed by atoms with Gasteiger partial charge in [0.05, 0.1) is 5.69 Å². The SMILES string of the molecule is O=C(Nc1ccc(F)cc1Br)NC1CCCCC1CO. The molecule has 1 aromatic carbocycles. The minimum absolute atomic E-state index is 0.00651. The van der Waals surface area contributed by atoms with Gasteiger partial charge in [0.15, 0.2) is 0 Å². The smallest absolute Gasteiger partial charge is 0.319 e. The number of hydrogen-bond acceptors (Lipinski definition) is 2. The lowest BCUT2D eigenvalue weighted by Gasteiger charge is -2.30. The van der Waals surface area contributed by atoms with Crippen molar-refractivity contribution in [2.45, 2.75) is 31.7 Å². The number of hydrogen-bond donors (Lipinski definition) is 3. The molecular formula is C14H18BrFN2O2. The molecule has 0 heterocycles. The van der Waals surface area contributed by atoms with E-state index in [1.165, 1.54) is 18.2 Å². The molecule has 1 aliphatic rings. The molecule has 6 heteroatoms. The van der Waals surface area contributed by atoms with E-state index in [0.29, 0.717) is 10.2 Å². The van der Waals surface area contributed by atoms with Gasteiger partial charge >= 0.3 is 6.03 Å². The molecule has 3 N–H and O–H groups in total. The highest BCUT2D eigenvalue weighted by molar-refractivity contribution is 9.10. The molecule has 2 atom stereocenters. The first-order valence-corrected chi connectivity index (χ1v) is 7.53. The van der Waals surface area contributed by atoms with E-state index >= 15 is 0 Å². The quantitative estimate of drug-likeness (QED) is 0.788. The van der Waals surface area contributed by atoms with Crippen molar-refractivity contribution in [2.24, 2.45) is 5.92 Å². The van der Waals surface area contributed by atoms with Crippen molar-refractivity contribution in [3.05, 3.63) is 28.5 Å². The van der Waals surface area contributed by atoms with Crippen molar-refractivity contribution >= 4 is 27.6 Å². The standard InChI is InChI=1S/C14H18BrFN2O2/c15-11-7-10(16)5-6-13(11)18-14(20)17-12-4-2-1-3-9(12)8-19/h5-7,9,12,19H,1-4,8H2,(H2,17,18,20). The molecule has 0 saturated heterocycles. The average Bonchev–Trinajstić information content (AvgIpc) is 2.42. The summed E-state index contributed by atoms with van der Waals surface area (Å²) in [7, 11) is 0. The van der Waals surface area contributed by atoms with Gasteiger partial charge in [-0.1, -0.05) is 12.8 Å². The van der Waals surface area contributed by atoms with Crippen molar-refractivity contribution in [2.75, 3.05) is 11.9 Å². The molecule has 0 radical (unpaired) electrons. The second kappa shape index (κ2) is 7.04. The van der Waals surface area contributed by atoms with Crippen LogP contribution in [0.5, 0.6) is 0 Å². The third-order valence-corrected chi connectivity index (χ3v) is 4.30. The van der Waals surface area contributed by atoms with Crippen molar-refractivity contribution in [3.8, 4) is 0 Å². The number of halogens is 2. The summed E-state index contributed by atoms with van der Waals surface area (Å²) in [6.45, 7) is 0.0885. The molecule has 2 amide bonds. The Morgan fingerprint density at radius 1 is 1.40 bits per heavy atom. The Labute approximate surface area is 125 Å². The first-order valence-electron chi connectivity index (χ1n) is 6.73. The van der Waals surface area contributed by atoms with Crippen LogP contribution in [0.3, 0.4) is 0 Å². The number of benzene rings is 1. The van der Waals surface area contributed by atoms with Crippen LogP contribution in [0.2, 0.25) is 0 Å². The van der Waals surface area contributed by atoms with Crippen molar-refractivity contribution in [1.82, 2.24) is 5.32 Å². The maximum atomic E-state index is 13.0. The fourth-order valence-corrected chi connectivity index (χ4v) is 2.98. The summed E-state index contributed by atoms with van der Waals surface area (Å²) < 4.78 is 13.5. The fraction of sp³-hybridized carbons (Fsp3) is 0.500. The summed E-state index contributed by atoms with van der Waals surface area (Å²) in [5.74, 6) is -0.249. The number of rotatable bonds is 3. The zero-order valence-electron chi connectivity index (χ0n) is 11.0. The van der Waals surface area contributed by atoms with Gasteiger partial charge in [0.25, 0.3) is 0 Å². The topological polar surface area (TPSA) is 61.4 Å². The van der Waals surface area contributed by atoms with E-state index in [9.17, 15) is 14.3 Å². The van der Waals surface area contributed by atoms with E-state index in [2.05, 4.69) is 26.6 Å². The Balaban J connectivity index is 1.94. The largest absolute Gasteiger partial charge is 0.396 e. The van der Waals surface area contributed by atoms with Gasteiger partial charge < -0.3 is 15.7 Å². The average molecular weight is 345 g/mol. The predicted molar refractivity (Wildman–Crippen MR) is 79.1 cm³/mol. The number of carbonyl (C=O) groups excluding carboxylic acids is 1. The van der Waals surface area contributed by atoms with Crippen LogP contribution in [0.25, 0.3) is 0 Å². The van der Waals surface area contributed by atoms with Crippen LogP contribution in [0.1, 0.15) is 25.7 Å². The number of amides is 2. The first-order chi connectivity index (χ1) is 9.60. The molecule has 110 valence electrons. The first kappa shape index (κ1) is 15.3. The molecule has 1 saturated carbocycles. The van der Waals surface area contributed by atoms with Gasteiger partial charge in [-0.3, -0.25) is 0 Å². The van der Waals surface area contributed by atoms with Crippen molar-refractivity contribution < 1.29 is 14.3 Å². The van der Waals surface area contributed by atoms with Gasteiger partial charge in [0.1, 0.15) is 5.82 Å². The maximum absolute atomic E-state index is 13.0. The number of anilines is 1. The number of aliphatic hydroxyl groups is 1. The molecule has 0 aromatic heterocycles. The van der Waals surface area contributed by atoms with Crippen LogP contribution >= 0.6 is 15.9 Å². The van der Waals surface area contributed by atoms with Crippen LogP contribution in [-0.2, 0) is 0 Å². The van der Waals surface area contributed by atoms with E-state index in [-0.39, 0.29) is 30.4 Å². The normalized spacial score (nSPS) is 22.4. The summed E-state index contributed by atoms with van der Waals surface area (Å²) in [5, 5.41) is 14.9. The predicted octanol–water partition coefficient (Wildman–Crippen LogP) is 3.26. The van der Waals surface area contributed by atoms with Gasteiger partial charge in [-0.05, 0) is 47.0 Å². The number of aliphatic hydroxyl groups excluding tert-OH is 1. The van der Waals surface area contributed by atoms with Crippen molar-refractivity contribution in [1.29, 1.82) is 0 Å². The van der Waals surface area contributed by atoms with Gasteiger partial charge in [0, 0.05) is 23.0 Å². The van der Waals surface area contributed by atoms with E-state index in [0.717, 1.165) is 25.7 Å². The minimum Gasteiger partial charge on any atom is -0.396 e. The van der Waals surface area contributed by atoms with Gasteiger partial charge in [-0.25, -0.2) is 9.18 Å². The summed E-state index contributed by atoms with van der Waals surface area (Å²) in [5.41, 5.74) is 0.514. The molecule has 20 heavy (non-hydrogen) atoms. The Morgan fingerprint density at radius 2 is 2.15 bits per heavy atom. The molecule has 1 fully saturated rings. The highest BCUT2D eigenvalue weighted by Gasteiger charge is 2.25. The molecule has 2 unspecified atom stereocenters. The van der Waals surface area contributed by atoms with Gasteiger partial charge in [-0.2, -0.15) is 0 Å². The summed E-state index contributed by atoms with van der Waals surface area (Å²) in [4.78, 5) is 12.0. The molecule has 0 spiro atoms. The lowest BCUT2D eigenvalue weighted by molar-refractivity contribution is 0.156. The molecule has 4 nitrogen and oxygen atoms in total. The Morgan fingerprint density at radius 3 is 2.85 bits per heavy atom. The molecule has 0 bridgehead atoms. The third kappa shape index (κ3) is 3.93. The van der Waals surface area contributed by atoms with Gasteiger partial charge in [0.2, 0.25) is 0 Å². The summed E-state index contributed by atoms with van der Waals surface area (Å²) >= 11 is 3.20. The zero-order valence-corrected chi connectivity index (χ0v) is 12.6. The second-order valence-electron chi connectivity index (χ2n) is 5.06. The Bertz CT molecular complexity index is 484. The molecular weight excluding hydrogens is 327 g/mol. The van der Waals surface area contributed by atoms with E-state index in [1.54, 1.807) is 0 Å². The lowest BCUT2D eigenvalue weighted by atomic mass is 9.85. The zero-order chi connectivity index (χ0) is 14.5. The maximum Gasteiger partial charge on any atom is 0.319 e. The number of carbonyl (C=O) groups is 1. The Kier molecular flexibility index (Phi) is 5.37. The van der Waals surface area contributed by atoms with E-state index in [4.69, 9.17) is 0 Å². The van der Waals surface area contributed by atoms with E-state index in [1.807, 2.05) is 0 Å². The highest BCUT2D eigenvalue weighted by Crippen LogP contribution is 2.25. The summed E-state index contributed by atoms with van der Waals surface area (Å²) in [6.07, 6.45) is 3.96. The molecule has 1 aliphatic carbocycles. The summed E-state index contributed by atoms with van der Waals surface area (Å²) in [6, 6.07) is 3.75. The molecule has 1 aromatic rings. The fourth-order valence-electron chi connectivity index (χ4n) is 2.53. The van der Waals surface area contributed by atoms with Gasteiger partial charge in [-0.15, -0.1) is 0 Å². The van der Waals surface area contributed by atoms with Crippen molar-refractivity contribution in [3.63, 3.8) is 0 Å². The van der Waals surface area contributed by atoms with Crippen LogP contribution in [0.4, 0.5) is 14.9 Å². The highest BCUT2D eigenvalue weighted by atomic mass is 79.9. The van der Waals surface area contributed by atoms with Crippen LogP contribution < -0.4 is 10.6 Å².